The van der Waals surface area contributed by atoms with E-state index in [-0.39, 0.29) is 0 Å². The fourth-order valence-corrected chi connectivity index (χ4v) is 3.80. The van der Waals surface area contributed by atoms with Crippen LogP contribution in [0.3, 0.4) is 0 Å². The number of nitrogens with zero attached hydrogens (tertiary/aromatic N) is 1. The lowest BCUT2D eigenvalue weighted by molar-refractivity contribution is -0.0329. The third-order valence-corrected chi connectivity index (χ3v) is 4.81. The predicted molar refractivity (Wildman–Crippen MR) is 81.3 cm³/mol. The van der Waals surface area contributed by atoms with Gasteiger partial charge in [-0.2, -0.15) is 0 Å². The van der Waals surface area contributed by atoms with Gasteiger partial charge in [-0.15, -0.1) is 0 Å². The van der Waals surface area contributed by atoms with Crippen LogP contribution >= 0.6 is 0 Å². The molecule has 0 spiro atoms. The third kappa shape index (κ3) is 4.06. The smallest absolute Gasteiger partial charge is 0.0811 e. The number of fused-ring (bicyclic) bond motifs is 1. The van der Waals surface area contributed by atoms with Gasteiger partial charge in [0.2, 0.25) is 0 Å². The number of allylic oxidation sites excluding steroid dienone is 1. The van der Waals surface area contributed by atoms with Gasteiger partial charge in [-0.25, -0.2) is 0 Å². The zero-order chi connectivity index (χ0) is 13.7. The Balaban J connectivity index is 1.77. The molecule has 1 N–H and O–H groups in total. The summed E-state index contributed by atoms with van der Waals surface area (Å²) < 4.78 is 0. The average molecular weight is 265 g/mol. The summed E-state index contributed by atoms with van der Waals surface area (Å²) in [4.78, 5) is 2.49. The molecule has 110 valence electrons. The summed E-state index contributed by atoms with van der Waals surface area (Å²) in [5, 5.41) is 10.6. The molecule has 2 saturated heterocycles. The van der Waals surface area contributed by atoms with Gasteiger partial charge in [0.1, 0.15) is 0 Å². The van der Waals surface area contributed by atoms with Crippen LogP contribution in [0.4, 0.5) is 0 Å². The Morgan fingerprint density at radius 2 is 2.11 bits per heavy atom. The standard InChI is InChI=1S/C17H31NO/c1-3-4-5-6-7-8-10-15-13-17(2,19)16-11-9-12-18(16)14-15/h10,16,19H,3-9,11-14H2,1-2H3/b15-10-/t16-,17-/m0/s1. The lowest BCUT2D eigenvalue weighted by Crippen LogP contribution is -2.52. The van der Waals surface area contributed by atoms with Gasteiger partial charge in [0.15, 0.2) is 0 Å². The Morgan fingerprint density at radius 3 is 2.89 bits per heavy atom. The van der Waals surface area contributed by atoms with Gasteiger partial charge in [0.25, 0.3) is 0 Å². The maximum atomic E-state index is 10.6. The van der Waals surface area contributed by atoms with Crippen LogP contribution in [0.5, 0.6) is 0 Å². The summed E-state index contributed by atoms with van der Waals surface area (Å²) in [7, 11) is 0. The van der Waals surface area contributed by atoms with E-state index in [1.807, 2.05) is 6.92 Å². The van der Waals surface area contributed by atoms with E-state index in [0.717, 1.165) is 13.0 Å². The number of unbranched alkanes of at least 4 members (excludes halogenated alkanes) is 5. The molecule has 2 heterocycles. The van der Waals surface area contributed by atoms with Crippen LogP contribution in [0.1, 0.15) is 71.6 Å². The van der Waals surface area contributed by atoms with E-state index in [1.165, 1.54) is 63.5 Å². The molecule has 0 aromatic carbocycles. The van der Waals surface area contributed by atoms with Crippen molar-refractivity contribution in [3.63, 3.8) is 0 Å². The maximum Gasteiger partial charge on any atom is 0.0811 e. The van der Waals surface area contributed by atoms with Crippen molar-refractivity contribution in [1.29, 1.82) is 0 Å². The number of hydrogen-bond donors (Lipinski definition) is 1. The Morgan fingerprint density at radius 1 is 1.32 bits per heavy atom. The van der Waals surface area contributed by atoms with Crippen molar-refractivity contribution in [2.24, 2.45) is 0 Å². The van der Waals surface area contributed by atoms with Crippen LogP contribution < -0.4 is 0 Å². The van der Waals surface area contributed by atoms with Crippen molar-refractivity contribution in [3.05, 3.63) is 11.6 Å². The van der Waals surface area contributed by atoms with Crippen molar-refractivity contribution in [3.8, 4) is 0 Å². The second-order valence-electron chi connectivity index (χ2n) is 6.73. The summed E-state index contributed by atoms with van der Waals surface area (Å²) in [5.74, 6) is 0. The molecule has 0 bridgehead atoms. The van der Waals surface area contributed by atoms with E-state index in [2.05, 4.69) is 17.9 Å². The maximum absolute atomic E-state index is 10.6. The molecule has 2 nitrogen and oxygen atoms in total. The van der Waals surface area contributed by atoms with E-state index in [1.54, 1.807) is 0 Å². The van der Waals surface area contributed by atoms with Crippen molar-refractivity contribution in [1.82, 2.24) is 4.90 Å². The molecule has 0 aromatic rings. The zero-order valence-electron chi connectivity index (χ0n) is 12.8. The summed E-state index contributed by atoms with van der Waals surface area (Å²) in [5.41, 5.74) is 0.974. The molecule has 0 aliphatic carbocycles. The first-order chi connectivity index (χ1) is 9.13. The molecule has 0 saturated carbocycles. The van der Waals surface area contributed by atoms with Crippen LogP contribution in [0.15, 0.2) is 11.6 Å². The van der Waals surface area contributed by atoms with Gasteiger partial charge in [-0.05, 0) is 45.6 Å². The van der Waals surface area contributed by atoms with Crippen LogP contribution in [0, 0.1) is 0 Å². The molecule has 2 fully saturated rings. The minimum atomic E-state index is -0.497. The van der Waals surface area contributed by atoms with Gasteiger partial charge >= 0.3 is 0 Å². The average Bonchev–Trinajstić information content (AvgIpc) is 2.82. The fourth-order valence-electron chi connectivity index (χ4n) is 3.80. The first kappa shape index (κ1) is 15.1. The van der Waals surface area contributed by atoms with Crippen LogP contribution in [0.2, 0.25) is 0 Å². The van der Waals surface area contributed by atoms with Crippen LogP contribution in [-0.2, 0) is 0 Å². The number of piperidine rings is 1. The van der Waals surface area contributed by atoms with E-state index in [9.17, 15) is 5.11 Å². The summed E-state index contributed by atoms with van der Waals surface area (Å²) in [6.45, 7) is 6.58. The number of rotatable bonds is 6. The largest absolute Gasteiger partial charge is 0.388 e. The van der Waals surface area contributed by atoms with Gasteiger partial charge in [0.05, 0.1) is 5.60 Å². The highest BCUT2D eigenvalue weighted by molar-refractivity contribution is 5.16. The van der Waals surface area contributed by atoms with Crippen LogP contribution in [0.25, 0.3) is 0 Å². The van der Waals surface area contributed by atoms with Gasteiger partial charge in [0, 0.05) is 12.6 Å². The topological polar surface area (TPSA) is 23.5 Å². The molecule has 2 aliphatic heterocycles. The molecular weight excluding hydrogens is 234 g/mol. The highest BCUT2D eigenvalue weighted by atomic mass is 16.3. The lowest BCUT2D eigenvalue weighted by Gasteiger charge is -2.42. The van der Waals surface area contributed by atoms with Gasteiger partial charge in [-0.3, -0.25) is 4.90 Å². The minimum absolute atomic E-state index is 0.411. The fraction of sp³-hybridized carbons (Fsp3) is 0.882. The highest BCUT2D eigenvalue weighted by Gasteiger charge is 2.43. The summed E-state index contributed by atoms with van der Waals surface area (Å²) in [6.07, 6.45) is 13.7. The first-order valence-electron chi connectivity index (χ1n) is 8.28. The van der Waals surface area contributed by atoms with Crippen molar-refractivity contribution >= 4 is 0 Å². The zero-order valence-corrected chi connectivity index (χ0v) is 12.8. The molecule has 19 heavy (non-hydrogen) atoms. The Labute approximate surface area is 118 Å². The molecule has 2 aliphatic rings. The van der Waals surface area contributed by atoms with E-state index >= 15 is 0 Å². The first-order valence-corrected chi connectivity index (χ1v) is 8.28. The second-order valence-corrected chi connectivity index (χ2v) is 6.73. The van der Waals surface area contributed by atoms with Crippen molar-refractivity contribution in [2.45, 2.75) is 83.3 Å². The SMILES string of the molecule is CCCCCCC/C=C1\CN2CCC[C@H]2[C@@](C)(O)C1. The third-order valence-electron chi connectivity index (χ3n) is 4.81. The van der Waals surface area contributed by atoms with E-state index < -0.39 is 5.60 Å². The molecule has 0 unspecified atom stereocenters. The summed E-state index contributed by atoms with van der Waals surface area (Å²) >= 11 is 0. The monoisotopic (exact) mass is 265 g/mol. The minimum Gasteiger partial charge on any atom is -0.388 e. The highest BCUT2D eigenvalue weighted by Crippen LogP contribution is 2.36. The van der Waals surface area contributed by atoms with E-state index in [4.69, 9.17) is 0 Å². The predicted octanol–water partition coefficient (Wildman–Crippen LogP) is 3.89. The van der Waals surface area contributed by atoms with Gasteiger partial charge < -0.3 is 5.11 Å². The molecule has 0 amide bonds. The lowest BCUT2D eigenvalue weighted by atomic mass is 9.83. The van der Waals surface area contributed by atoms with Gasteiger partial charge in [-0.1, -0.05) is 44.3 Å². The molecule has 2 rings (SSSR count). The molecule has 2 atom stereocenters. The Kier molecular flexibility index (Phi) is 5.47. The Bertz CT molecular complexity index is 308. The quantitative estimate of drug-likeness (QED) is 0.582. The normalized spacial score (nSPS) is 33.8. The molecular formula is C17H31NO. The van der Waals surface area contributed by atoms with Crippen molar-refractivity contribution < 1.29 is 5.11 Å². The molecule has 0 radical (unpaired) electrons. The molecule has 2 heteroatoms. The second kappa shape index (κ2) is 6.90. The summed E-state index contributed by atoms with van der Waals surface area (Å²) in [6, 6.07) is 0.411. The molecule has 0 aromatic heterocycles. The van der Waals surface area contributed by atoms with Crippen LogP contribution in [-0.4, -0.2) is 34.7 Å². The Hall–Kier alpha value is -0.340. The van der Waals surface area contributed by atoms with E-state index in [0.29, 0.717) is 6.04 Å². The van der Waals surface area contributed by atoms with Crippen molar-refractivity contribution in [2.75, 3.05) is 13.1 Å². The number of aliphatic hydroxyl groups is 1. The number of hydrogen-bond acceptors (Lipinski definition) is 2.